The second-order valence-electron chi connectivity index (χ2n) is 5.19. The number of aliphatic carboxylic acids is 1. The van der Waals surface area contributed by atoms with Gasteiger partial charge in [-0.25, -0.2) is 13.4 Å². The molecule has 1 aromatic carbocycles. The van der Waals surface area contributed by atoms with Crippen molar-refractivity contribution in [2.24, 2.45) is 7.05 Å². The molecule has 8 heteroatoms. The lowest BCUT2D eigenvalue weighted by Crippen LogP contribution is -2.41. The summed E-state index contributed by atoms with van der Waals surface area (Å²) < 4.78 is 28.2. The molecule has 0 saturated carbocycles. The molecule has 2 aromatic rings. The first-order chi connectivity index (χ1) is 10.4. The SMILES string of the molecule is Cn1cnc2c1C(C(=O)O)CN(S(=O)(=O)c1ccccc1)C2. The van der Waals surface area contributed by atoms with Crippen LogP contribution >= 0.6 is 0 Å². The molecule has 1 N–H and O–H groups in total. The van der Waals surface area contributed by atoms with E-state index in [2.05, 4.69) is 4.98 Å². The van der Waals surface area contributed by atoms with Gasteiger partial charge < -0.3 is 9.67 Å². The van der Waals surface area contributed by atoms with E-state index in [1.165, 1.54) is 22.8 Å². The number of sulfonamides is 1. The Balaban J connectivity index is 2.03. The van der Waals surface area contributed by atoms with Gasteiger partial charge in [0.25, 0.3) is 0 Å². The van der Waals surface area contributed by atoms with Crippen molar-refractivity contribution in [3.63, 3.8) is 0 Å². The van der Waals surface area contributed by atoms with Crippen LogP contribution in [0.15, 0.2) is 41.6 Å². The molecule has 1 aliphatic rings. The number of nitrogens with zero attached hydrogens (tertiary/aromatic N) is 3. The molecule has 2 heterocycles. The Morgan fingerprint density at radius 1 is 1.32 bits per heavy atom. The molecule has 0 fully saturated rings. The van der Waals surface area contributed by atoms with Crippen LogP contribution in [0.5, 0.6) is 0 Å². The van der Waals surface area contributed by atoms with E-state index in [9.17, 15) is 18.3 Å². The topological polar surface area (TPSA) is 92.5 Å². The van der Waals surface area contributed by atoms with E-state index >= 15 is 0 Å². The number of carboxylic acid groups (broad SMARTS) is 1. The van der Waals surface area contributed by atoms with E-state index in [0.717, 1.165) is 0 Å². The van der Waals surface area contributed by atoms with Crippen molar-refractivity contribution in [1.82, 2.24) is 13.9 Å². The van der Waals surface area contributed by atoms with Crippen molar-refractivity contribution in [2.75, 3.05) is 6.54 Å². The van der Waals surface area contributed by atoms with E-state index in [0.29, 0.717) is 11.4 Å². The summed E-state index contributed by atoms with van der Waals surface area (Å²) in [5.41, 5.74) is 1.05. The van der Waals surface area contributed by atoms with Gasteiger partial charge >= 0.3 is 5.97 Å². The van der Waals surface area contributed by atoms with Gasteiger partial charge in [0, 0.05) is 13.6 Å². The number of fused-ring (bicyclic) bond motifs is 1. The van der Waals surface area contributed by atoms with Crippen LogP contribution in [0.1, 0.15) is 17.3 Å². The van der Waals surface area contributed by atoms with Crippen LogP contribution in [0.4, 0.5) is 0 Å². The van der Waals surface area contributed by atoms with Crippen LogP contribution in [-0.4, -0.2) is 39.9 Å². The predicted octanol–water partition coefficient (Wildman–Crippen LogP) is 0.793. The van der Waals surface area contributed by atoms with E-state index < -0.39 is 21.9 Å². The molecule has 0 amide bonds. The molecular weight excluding hydrogens is 306 g/mol. The normalized spacial score (nSPS) is 18.9. The number of benzene rings is 1. The predicted molar refractivity (Wildman–Crippen MR) is 77.6 cm³/mol. The monoisotopic (exact) mass is 321 g/mol. The lowest BCUT2D eigenvalue weighted by molar-refractivity contribution is -0.139. The zero-order valence-electron chi connectivity index (χ0n) is 11.9. The number of rotatable bonds is 3. The number of aryl methyl sites for hydroxylation is 1. The standard InChI is InChI=1S/C14H15N3O4S/c1-16-9-15-12-8-17(7-11(13(12)16)14(18)19)22(20,21)10-5-3-2-4-6-10/h2-6,9,11H,7-8H2,1H3,(H,18,19). The molecule has 0 spiro atoms. The Bertz CT molecular complexity index is 814. The molecular formula is C14H15N3O4S. The smallest absolute Gasteiger partial charge is 0.313 e. The lowest BCUT2D eigenvalue weighted by atomic mass is 10.0. The van der Waals surface area contributed by atoms with E-state index in [-0.39, 0.29) is 18.0 Å². The Labute approximate surface area is 127 Å². The molecule has 0 saturated heterocycles. The maximum atomic E-state index is 12.7. The van der Waals surface area contributed by atoms with Crippen LogP contribution in [0.2, 0.25) is 0 Å². The molecule has 1 aromatic heterocycles. The van der Waals surface area contributed by atoms with Gasteiger partial charge in [0.15, 0.2) is 0 Å². The van der Waals surface area contributed by atoms with Gasteiger partial charge in [0.05, 0.1) is 29.2 Å². The average Bonchev–Trinajstić information content (AvgIpc) is 2.88. The van der Waals surface area contributed by atoms with Crippen LogP contribution in [0.3, 0.4) is 0 Å². The molecule has 1 unspecified atom stereocenters. The fourth-order valence-corrected chi connectivity index (χ4v) is 4.14. The number of aromatic nitrogens is 2. The number of carbonyl (C=O) groups is 1. The third kappa shape index (κ3) is 2.30. The number of hydrogen-bond acceptors (Lipinski definition) is 4. The first-order valence-corrected chi connectivity index (χ1v) is 8.13. The molecule has 116 valence electrons. The Morgan fingerprint density at radius 2 is 2.00 bits per heavy atom. The van der Waals surface area contributed by atoms with Crippen molar-refractivity contribution in [3.05, 3.63) is 48.0 Å². The summed E-state index contributed by atoms with van der Waals surface area (Å²) in [6.45, 7) is -0.0176. The van der Waals surface area contributed by atoms with Crippen LogP contribution < -0.4 is 0 Å². The van der Waals surface area contributed by atoms with Gasteiger partial charge in [0.2, 0.25) is 10.0 Å². The van der Waals surface area contributed by atoms with Gasteiger partial charge in [-0.1, -0.05) is 18.2 Å². The van der Waals surface area contributed by atoms with E-state index in [4.69, 9.17) is 0 Å². The zero-order valence-corrected chi connectivity index (χ0v) is 12.7. The van der Waals surface area contributed by atoms with Crippen molar-refractivity contribution in [3.8, 4) is 0 Å². The first kappa shape index (κ1) is 14.7. The minimum Gasteiger partial charge on any atom is -0.481 e. The fourth-order valence-electron chi connectivity index (χ4n) is 2.70. The number of hydrogen-bond donors (Lipinski definition) is 1. The molecule has 0 bridgehead atoms. The molecule has 0 aliphatic carbocycles. The second-order valence-corrected chi connectivity index (χ2v) is 7.13. The van der Waals surface area contributed by atoms with E-state index in [1.54, 1.807) is 29.8 Å². The Hall–Kier alpha value is -2.19. The van der Waals surface area contributed by atoms with Crippen LogP contribution in [0.25, 0.3) is 0 Å². The molecule has 1 aliphatic heterocycles. The fraction of sp³-hybridized carbons (Fsp3) is 0.286. The third-order valence-corrected chi connectivity index (χ3v) is 5.61. The summed E-state index contributed by atoms with van der Waals surface area (Å²) in [7, 11) is -2.03. The third-order valence-electron chi connectivity index (χ3n) is 3.78. The Morgan fingerprint density at radius 3 is 2.64 bits per heavy atom. The van der Waals surface area contributed by atoms with Crippen molar-refractivity contribution < 1.29 is 18.3 Å². The van der Waals surface area contributed by atoms with E-state index in [1.807, 2.05) is 0 Å². The summed E-state index contributed by atoms with van der Waals surface area (Å²) in [5, 5.41) is 9.42. The average molecular weight is 321 g/mol. The van der Waals surface area contributed by atoms with Crippen molar-refractivity contribution in [2.45, 2.75) is 17.4 Å². The molecule has 1 atom stereocenters. The maximum absolute atomic E-state index is 12.7. The maximum Gasteiger partial charge on any atom is 0.313 e. The molecule has 0 radical (unpaired) electrons. The summed E-state index contributed by atoms with van der Waals surface area (Å²) in [5.74, 6) is -1.98. The van der Waals surface area contributed by atoms with Gasteiger partial charge in [-0.2, -0.15) is 4.31 Å². The summed E-state index contributed by atoms with van der Waals surface area (Å²) in [6, 6.07) is 8.00. The Kier molecular flexibility index (Phi) is 3.50. The highest BCUT2D eigenvalue weighted by atomic mass is 32.2. The minimum absolute atomic E-state index is 0.0805. The minimum atomic E-state index is -3.74. The second kappa shape index (κ2) is 5.22. The highest BCUT2D eigenvalue weighted by Crippen LogP contribution is 2.31. The quantitative estimate of drug-likeness (QED) is 0.902. The van der Waals surface area contributed by atoms with Gasteiger partial charge in [-0.05, 0) is 12.1 Å². The molecule has 3 rings (SSSR count). The molecule has 22 heavy (non-hydrogen) atoms. The summed E-state index contributed by atoms with van der Waals surface area (Å²) in [4.78, 5) is 15.8. The lowest BCUT2D eigenvalue weighted by Gasteiger charge is -2.30. The zero-order chi connectivity index (χ0) is 15.9. The highest BCUT2D eigenvalue weighted by Gasteiger charge is 2.38. The van der Waals surface area contributed by atoms with Crippen molar-refractivity contribution >= 4 is 16.0 Å². The molecule has 7 nitrogen and oxygen atoms in total. The van der Waals surface area contributed by atoms with Crippen LogP contribution in [-0.2, 0) is 28.4 Å². The van der Waals surface area contributed by atoms with Crippen molar-refractivity contribution in [1.29, 1.82) is 0 Å². The van der Waals surface area contributed by atoms with Gasteiger partial charge in [-0.3, -0.25) is 4.79 Å². The number of carboxylic acids is 1. The van der Waals surface area contributed by atoms with Gasteiger partial charge in [0.1, 0.15) is 5.92 Å². The van der Waals surface area contributed by atoms with Crippen LogP contribution in [0, 0.1) is 0 Å². The highest BCUT2D eigenvalue weighted by molar-refractivity contribution is 7.89. The summed E-state index contributed by atoms with van der Waals surface area (Å²) >= 11 is 0. The first-order valence-electron chi connectivity index (χ1n) is 6.69. The summed E-state index contributed by atoms with van der Waals surface area (Å²) in [6.07, 6.45) is 1.51. The number of imidazole rings is 1. The largest absolute Gasteiger partial charge is 0.481 e. The van der Waals surface area contributed by atoms with Gasteiger partial charge in [-0.15, -0.1) is 0 Å².